The third-order valence-corrected chi connectivity index (χ3v) is 4.84. The van der Waals surface area contributed by atoms with Crippen molar-refractivity contribution < 1.29 is 19.2 Å². The number of carbonyl (C=O) groups excluding carboxylic acids is 1. The number of thiophene rings is 1. The summed E-state index contributed by atoms with van der Waals surface area (Å²) in [4.78, 5) is 25.7. The van der Waals surface area contributed by atoms with Crippen molar-refractivity contribution in [3.05, 3.63) is 50.2 Å². The van der Waals surface area contributed by atoms with Crippen molar-refractivity contribution in [2.24, 2.45) is 0 Å². The number of nitro groups is 1. The van der Waals surface area contributed by atoms with E-state index in [1.807, 2.05) is 16.8 Å². The number of benzene rings is 1. The average Bonchev–Trinajstić information content (AvgIpc) is 3.33. The van der Waals surface area contributed by atoms with Gasteiger partial charge in [-0.25, -0.2) is 0 Å². The normalized spacial score (nSPS) is 13.4. The Labute approximate surface area is 148 Å². The summed E-state index contributed by atoms with van der Waals surface area (Å²) in [5, 5.41) is 15.4. The number of carbonyl (C=O) groups is 1. The van der Waals surface area contributed by atoms with Gasteiger partial charge in [0.15, 0.2) is 11.5 Å². The van der Waals surface area contributed by atoms with Crippen LogP contribution in [-0.2, 0) is 6.54 Å². The van der Waals surface area contributed by atoms with Gasteiger partial charge in [0.2, 0.25) is 0 Å². The summed E-state index contributed by atoms with van der Waals surface area (Å²) in [7, 11) is 2.83. The van der Waals surface area contributed by atoms with Gasteiger partial charge in [-0.1, -0.05) is 0 Å². The fourth-order valence-electron chi connectivity index (χ4n) is 2.68. The van der Waals surface area contributed by atoms with Gasteiger partial charge in [0.25, 0.3) is 11.6 Å². The molecule has 0 unspecified atom stereocenters. The highest BCUT2D eigenvalue weighted by Crippen LogP contribution is 2.37. The molecule has 0 N–H and O–H groups in total. The average molecular weight is 362 g/mol. The Bertz CT molecular complexity index is 787. The van der Waals surface area contributed by atoms with Crippen LogP contribution >= 0.6 is 11.3 Å². The predicted molar refractivity (Wildman–Crippen MR) is 93.4 cm³/mol. The van der Waals surface area contributed by atoms with E-state index in [9.17, 15) is 14.9 Å². The fourth-order valence-corrected chi connectivity index (χ4v) is 3.34. The molecule has 132 valence electrons. The van der Waals surface area contributed by atoms with Crippen LogP contribution < -0.4 is 9.47 Å². The predicted octanol–water partition coefficient (Wildman–Crippen LogP) is 3.48. The Hall–Kier alpha value is -2.61. The number of hydrogen-bond donors (Lipinski definition) is 0. The Morgan fingerprint density at radius 1 is 1.32 bits per heavy atom. The topological polar surface area (TPSA) is 81.9 Å². The molecule has 3 rings (SSSR count). The number of methoxy groups -OCH3 is 2. The van der Waals surface area contributed by atoms with Crippen LogP contribution in [0, 0.1) is 10.1 Å². The highest BCUT2D eigenvalue weighted by atomic mass is 32.1. The maximum atomic E-state index is 13.1. The van der Waals surface area contributed by atoms with E-state index in [4.69, 9.17) is 9.47 Å². The molecule has 1 aliphatic rings. The SMILES string of the molecule is COc1cc(C(=O)N(Cc2ccsc2)C2CC2)c([N+](=O)[O-])cc1OC. The lowest BCUT2D eigenvalue weighted by Gasteiger charge is -2.22. The van der Waals surface area contributed by atoms with E-state index < -0.39 is 4.92 Å². The second kappa shape index (κ2) is 7.10. The standard InChI is InChI=1S/C17H18N2O5S/c1-23-15-7-13(14(19(21)22)8-16(15)24-2)17(20)18(12-3-4-12)9-11-5-6-25-10-11/h5-8,10,12H,3-4,9H2,1-2H3. The van der Waals surface area contributed by atoms with Gasteiger partial charge >= 0.3 is 0 Å². The molecule has 2 aromatic rings. The van der Waals surface area contributed by atoms with Crippen LogP contribution in [0.4, 0.5) is 5.69 Å². The Morgan fingerprint density at radius 3 is 2.52 bits per heavy atom. The fraction of sp³-hybridized carbons (Fsp3) is 0.353. The van der Waals surface area contributed by atoms with E-state index >= 15 is 0 Å². The second-order valence-electron chi connectivity index (χ2n) is 5.78. The van der Waals surface area contributed by atoms with Gasteiger partial charge in [0.1, 0.15) is 5.56 Å². The minimum absolute atomic E-state index is 0.0183. The molecule has 1 aliphatic carbocycles. The number of nitrogens with zero attached hydrogens (tertiary/aromatic N) is 2. The molecule has 0 atom stereocenters. The maximum absolute atomic E-state index is 13.1. The molecule has 0 aliphatic heterocycles. The van der Waals surface area contributed by atoms with E-state index in [-0.39, 0.29) is 28.9 Å². The first-order valence-corrected chi connectivity index (χ1v) is 8.72. The Kier molecular flexibility index (Phi) is 4.89. The molecule has 0 bridgehead atoms. The van der Waals surface area contributed by atoms with Gasteiger partial charge in [-0.2, -0.15) is 11.3 Å². The lowest BCUT2D eigenvalue weighted by Crippen LogP contribution is -2.33. The van der Waals surface area contributed by atoms with Crippen molar-refractivity contribution in [2.45, 2.75) is 25.4 Å². The molecule has 1 heterocycles. The molecule has 1 saturated carbocycles. The highest BCUT2D eigenvalue weighted by Gasteiger charge is 2.36. The van der Waals surface area contributed by atoms with E-state index in [1.165, 1.54) is 26.4 Å². The zero-order valence-corrected chi connectivity index (χ0v) is 14.7. The van der Waals surface area contributed by atoms with Gasteiger partial charge in [-0.15, -0.1) is 0 Å². The molecule has 25 heavy (non-hydrogen) atoms. The van der Waals surface area contributed by atoms with Gasteiger partial charge in [0.05, 0.1) is 25.2 Å². The first-order valence-electron chi connectivity index (χ1n) is 7.77. The lowest BCUT2D eigenvalue weighted by atomic mass is 10.1. The van der Waals surface area contributed by atoms with E-state index in [1.54, 1.807) is 16.2 Å². The van der Waals surface area contributed by atoms with Gasteiger partial charge < -0.3 is 14.4 Å². The molecule has 0 saturated heterocycles. The molecule has 1 aromatic carbocycles. The molecule has 7 nitrogen and oxygen atoms in total. The van der Waals surface area contributed by atoms with Gasteiger partial charge in [0, 0.05) is 18.7 Å². The number of rotatable bonds is 7. The van der Waals surface area contributed by atoms with E-state index in [2.05, 4.69) is 0 Å². The highest BCUT2D eigenvalue weighted by molar-refractivity contribution is 7.07. The van der Waals surface area contributed by atoms with Gasteiger partial charge in [-0.05, 0) is 35.2 Å². The number of amides is 1. The molecule has 1 fully saturated rings. The van der Waals surface area contributed by atoms with Crippen LogP contribution in [0.5, 0.6) is 11.5 Å². The number of ether oxygens (including phenoxy) is 2. The Morgan fingerprint density at radius 2 is 2.00 bits per heavy atom. The van der Waals surface area contributed by atoms with Crippen molar-refractivity contribution in [2.75, 3.05) is 14.2 Å². The quantitative estimate of drug-likeness (QED) is 0.556. The first kappa shape index (κ1) is 17.2. The van der Waals surface area contributed by atoms with Crippen molar-refractivity contribution in [3.8, 4) is 11.5 Å². The summed E-state index contributed by atoms with van der Waals surface area (Å²) in [6, 6.07) is 4.71. The summed E-state index contributed by atoms with van der Waals surface area (Å²) < 4.78 is 10.3. The molecule has 1 aromatic heterocycles. The molecule has 0 radical (unpaired) electrons. The molecular formula is C17H18N2O5S. The zero-order valence-electron chi connectivity index (χ0n) is 13.9. The van der Waals surface area contributed by atoms with Crippen LogP contribution in [0.2, 0.25) is 0 Å². The summed E-state index contributed by atoms with van der Waals surface area (Å²) in [6.07, 6.45) is 1.83. The summed E-state index contributed by atoms with van der Waals surface area (Å²) in [6.45, 7) is 0.443. The van der Waals surface area contributed by atoms with E-state index in [0.29, 0.717) is 12.3 Å². The van der Waals surface area contributed by atoms with Crippen molar-refractivity contribution in [3.63, 3.8) is 0 Å². The van der Waals surface area contributed by atoms with Crippen molar-refractivity contribution in [1.29, 1.82) is 0 Å². The van der Waals surface area contributed by atoms with Crippen LogP contribution in [0.3, 0.4) is 0 Å². The lowest BCUT2D eigenvalue weighted by molar-refractivity contribution is -0.385. The Balaban J connectivity index is 2.00. The molecular weight excluding hydrogens is 344 g/mol. The summed E-state index contributed by atoms with van der Waals surface area (Å²) >= 11 is 1.56. The van der Waals surface area contributed by atoms with Crippen LogP contribution in [0.1, 0.15) is 28.8 Å². The largest absolute Gasteiger partial charge is 0.493 e. The monoisotopic (exact) mass is 362 g/mol. The van der Waals surface area contributed by atoms with Crippen LogP contribution in [0.15, 0.2) is 29.0 Å². The minimum atomic E-state index is -0.565. The van der Waals surface area contributed by atoms with Crippen molar-refractivity contribution >= 4 is 22.9 Å². The second-order valence-corrected chi connectivity index (χ2v) is 6.56. The molecule has 0 spiro atoms. The van der Waals surface area contributed by atoms with Crippen molar-refractivity contribution in [1.82, 2.24) is 4.90 Å². The van der Waals surface area contributed by atoms with E-state index in [0.717, 1.165) is 18.4 Å². The van der Waals surface area contributed by atoms with Gasteiger partial charge in [-0.3, -0.25) is 14.9 Å². The number of hydrogen-bond acceptors (Lipinski definition) is 6. The first-order chi connectivity index (χ1) is 12.0. The third kappa shape index (κ3) is 3.58. The van der Waals surface area contributed by atoms with Crippen LogP contribution in [-0.4, -0.2) is 36.0 Å². The minimum Gasteiger partial charge on any atom is -0.493 e. The maximum Gasteiger partial charge on any atom is 0.286 e. The number of nitro benzene ring substituents is 1. The molecule has 1 amide bonds. The molecule has 8 heteroatoms. The smallest absolute Gasteiger partial charge is 0.286 e. The van der Waals surface area contributed by atoms with Crippen LogP contribution in [0.25, 0.3) is 0 Å². The summed E-state index contributed by atoms with van der Waals surface area (Å²) in [5.74, 6) is 0.158. The third-order valence-electron chi connectivity index (χ3n) is 4.11. The zero-order chi connectivity index (χ0) is 18.0. The summed E-state index contributed by atoms with van der Waals surface area (Å²) in [5.41, 5.74) is 0.761.